The van der Waals surface area contributed by atoms with Gasteiger partial charge in [-0.05, 0) is 63.9 Å². The van der Waals surface area contributed by atoms with Gasteiger partial charge in [0.25, 0.3) is 5.91 Å². The lowest BCUT2D eigenvalue weighted by atomic mass is 10.1. The minimum Gasteiger partial charge on any atom is -0.357 e. The Labute approximate surface area is 173 Å². The number of carbonyl (C=O) groups is 1. The summed E-state index contributed by atoms with van der Waals surface area (Å²) in [5, 5.41) is 3.07. The van der Waals surface area contributed by atoms with Crippen molar-refractivity contribution < 1.29 is 4.79 Å². The maximum absolute atomic E-state index is 12.6. The molecule has 2 aliphatic heterocycles. The summed E-state index contributed by atoms with van der Waals surface area (Å²) in [5.74, 6) is 0.958. The molecule has 29 heavy (non-hydrogen) atoms. The second kappa shape index (κ2) is 9.83. The van der Waals surface area contributed by atoms with Crippen LogP contribution in [0.15, 0.2) is 36.7 Å². The van der Waals surface area contributed by atoms with E-state index in [0.717, 1.165) is 43.1 Å². The molecule has 2 saturated heterocycles. The van der Waals surface area contributed by atoms with E-state index in [2.05, 4.69) is 25.1 Å². The van der Waals surface area contributed by atoms with Gasteiger partial charge in [0.15, 0.2) is 0 Å². The van der Waals surface area contributed by atoms with Crippen LogP contribution >= 0.6 is 0 Å². The van der Waals surface area contributed by atoms with E-state index < -0.39 is 0 Å². The summed E-state index contributed by atoms with van der Waals surface area (Å²) in [6, 6.07) is 9.75. The lowest BCUT2D eigenvalue weighted by molar-refractivity contribution is 0.0951. The summed E-state index contributed by atoms with van der Waals surface area (Å²) in [6.45, 7) is 6.29. The number of carbonyl (C=O) groups excluding carboxylic acids is 1. The molecule has 3 heterocycles. The van der Waals surface area contributed by atoms with E-state index in [4.69, 9.17) is 0 Å². The van der Waals surface area contributed by atoms with Crippen LogP contribution < -0.4 is 10.2 Å². The Kier molecular flexibility index (Phi) is 6.72. The molecule has 2 aliphatic rings. The Morgan fingerprint density at radius 1 is 0.966 bits per heavy atom. The molecular weight excluding hydrogens is 362 g/mol. The third-order valence-electron chi connectivity index (χ3n) is 5.89. The Morgan fingerprint density at radius 2 is 1.76 bits per heavy atom. The first-order valence-corrected chi connectivity index (χ1v) is 11.0. The summed E-state index contributed by atoms with van der Waals surface area (Å²) >= 11 is 0. The summed E-state index contributed by atoms with van der Waals surface area (Å²) in [4.78, 5) is 26.2. The van der Waals surface area contributed by atoms with Crippen molar-refractivity contribution in [3.8, 4) is 11.3 Å². The average Bonchev–Trinajstić information content (AvgIpc) is 3.33. The van der Waals surface area contributed by atoms with Gasteiger partial charge in [-0.2, -0.15) is 0 Å². The zero-order chi connectivity index (χ0) is 19.9. The standard InChI is InChI=1S/C23H31N5O/c29-23(24-10-7-13-27-11-2-1-3-12-27)20-9-6-8-19(16-20)21-17-22(26-18-25-21)28-14-4-5-15-28/h6,8-9,16-18H,1-5,7,10-15H2,(H,24,29). The number of amides is 1. The van der Waals surface area contributed by atoms with Crippen LogP contribution in [0, 0.1) is 0 Å². The third-order valence-corrected chi connectivity index (χ3v) is 5.89. The van der Waals surface area contributed by atoms with Gasteiger partial charge in [0.05, 0.1) is 5.69 Å². The first kappa shape index (κ1) is 19.8. The number of hydrogen-bond acceptors (Lipinski definition) is 5. The number of hydrogen-bond donors (Lipinski definition) is 1. The minimum atomic E-state index is -0.0145. The number of nitrogens with one attached hydrogen (secondary N) is 1. The highest BCUT2D eigenvalue weighted by Crippen LogP contribution is 2.24. The van der Waals surface area contributed by atoms with Crippen LogP contribution in [0.3, 0.4) is 0 Å². The molecule has 6 heteroatoms. The van der Waals surface area contributed by atoms with Crippen LogP contribution in [0.25, 0.3) is 11.3 Å². The highest BCUT2D eigenvalue weighted by atomic mass is 16.1. The molecule has 0 unspecified atom stereocenters. The summed E-state index contributed by atoms with van der Waals surface area (Å²) in [6.07, 6.45) is 9.02. The van der Waals surface area contributed by atoms with E-state index in [9.17, 15) is 4.79 Å². The van der Waals surface area contributed by atoms with Gasteiger partial charge >= 0.3 is 0 Å². The lowest BCUT2D eigenvalue weighted by Gasteiger charge is -2.26. The largest absolute Gasteiger partial charge is 0.357 e. The normalized spacial score (nSPS) is 17.4. The Morgan fingerprint density at radius 3 is 2.59 bits per heavy atom. The molecule has 2 fully saturated rings. The minimum absolute atomic E-state index is 0.0145. The maximum atomic E-state index is 12.6. The van der Waals surface area contributed by atoms with Gasteiger partial charge in [-0.25, -0.2) is 9.97 Å². The van der Waals surface area contributed by atoms with E-state index in [1.807, 2.05) is 30.3 Å². The van der Waals surface area contributed by atoms with Gasteiger partial charge in [-0.3, -0.25) is 4.79 Å². The van der Waals surface area contributed by atoms with Crippen molar-refractivity contribution in [2.24, 2.45) is 0 Å². The topological polar surface area (TPSA) is 61.4 Å². The van der Waals surface area contributed by atoms with Crippen molar-refractivity contribution >= 4 is 11.7 Å². The smallest absolute Gasteiger partial charge is 0.251 e. The molecule has 0 aliphatic carbocycles. The van der Waals surface area contributed by atoms with E-state index in [1.165, 1.54) is 45.2 Å². The number of nitrogens with zero attached hydrogens (tertiary/aromatic N) is 4. The highest BCUT2D eigenvalue weighted by Gasteiger charge is 2.15. The summed E-state index contributed by atoms with van der Waals surface area (Å²) in [7, 11) is 0. The van der Waals surface area contributed by atoms with Crippen LogP contribution in [0.2, 0.25) is 0 Å². The predicted molar refractivity (Wildman–Crippen MR) is 116 cm³/mol. The summed E-state index contributed by atoms with van der Waals surface area (Å²) in [5.41, 5.74) is 2.50. The average molecular weight is 394 g/mol. The first-order chi connectivity index (χ1) is 14.3. The molecule has 6 nitrogen and oxygen atoms in total. The molecule has 154 valence electrons. The van der Waals surface area contributed by atoms with Crippen LogP contribution in [0.4, 0.5) is 5.82 Å². The third kappa shape index (κ3) is 5.32. The molecule has 4 rings (SSSR count). The maximum Gasteiger partial charge on any atom is 0.251 e. The second-order valence-electron chi connectivity index (χ2n) is 8.05. The monoisotopic (exact) mass is 393 g/mol. The molecule has 1 aromatic carbocycles. The van der Waals surface area contributed by atoms with Gasteiger partial charge < -0.3 is 15.1 Å². The number of likely N-dealkylation sites (tertiary alicyclic amines) is 1. The van der Waals surface area contributed by atoms with E-state index in [0.29, 0.717) is 12.1 Å². The van der Waals surface area contributed by atoms with E-state index in [1.54, 1.807) is 6.33 Å². The molecule has 1 amide bonds. The van der Waals surface area contributed by atoms with E-state index >= 15 is 0 Å². The Balaban J connectivity index is 1.34. The second-order valence-corrected chi connectivity index (χ2v) is 8.05. The molecule has 0 spiro atoms. The van der Waals surface area contributed by atoms with Gasteiger partial charge in [0, 0.05) is 36.8 Å². The first-order valence-electron chi connectivity index (χ1n) is 11.0. The van der Waals surface area contributed by atoms with Crippen LogP contribution in [-0.2, 0) is 0 Å². The fourth-order valence-corrected chi connectivity index (χ4v) is 4.23. The van der Waals surface area contributed by atoms with Gasteiger partial charge in [-0.15, -0.1) is 0 Å². The van der Waals surface area contributed by atoms with Crippen molar-refractivity contribution in [2.75, 3.05) is 44.2 Å². The van der Waals surface area contributed by atoms with Gasteiger partial charge in [0.1, 0.15) is 12.1 Å². The molecule has 0 bridgehead atoms. The Bertz CT molecular complexity index is 812. The van der Waals surface area contributed by atoms with Crippen molar-refractivity contribution in [1.29, 1.82) is 0 Å². The zero-order valence-electron chi connectivity index (χ0n) is 17.1. The SMILES string of the molecule is O=C(NCCCN1CCCCC1)c1cccc(-c2cc(N3CCCC3)ncn2)c1. The fourth-order valence-electron chi connectivity index (χ4n) is 4.23. The van der Waals surface area contributed by atoms with Gasteiger partial charge in [0.2, 0.25) is 0 Å². The number of anilines is 1. The molecule has 2 aromatic rings. The number of aromatic nitrogens is 2. The van der Waals surface area contributed by atoms with Crippen molar-refractivity contribution in [2.45, 2.75) is 38.5 Å². The quantitative estimate of drug-likeness (QED) is 0.731. The predicted octanol–water partition coefficient (Wildman–Crippen LogP) is 3.35. The van der Waals surface area contributed by atoms with Crippen LogP contribution in [0.5, 0.6) is 0 Å². The number of rotatable bonds is 7. The molecule has 1 N–H and O–H groups in total. The molecule has 1 aromatic heterocycles. The Hall–Kier alpha value is -2.47. The summed E-state index contributed by atoms with van der Waals surface area (Å²) < 4.78 is 0. The molecular formula is C23H31N5O. The fraction of sp³-hybridized carbons (Fsp3) is 0.522. The van der Waals surface area contributed by atoms with Crippen molar-refractivity contribution in [3.63, 3.8) is 0 Å². The molecule has 0 saturated carbocycles. The van der Waals surface area contributed by atoms with Crippen molar-refractivity contribution in [3.05, 3.63) is 42.2 Å². The number of benzene rings is 1. The number of piperidine rings is 1. The van der Waals surface area contributed by atoms with Crippen LogP contribution in [-0.4, -0.2) is 60.0 Å². The lowest BCUT2D eigenvalue weighted by Crippen LogP contribution is -2.33. The molecule has 0 radical (unpaired) electrons. The van der Waals surface area contributed by atoms with Crippen molar-refractivity contribution in [1.82, 2.24) is 20.2 Å². The van der Waals surface area contributed by atoms with Gasteiger partial charge in [-0.1, -0.05) is 18.6 Å². The highest BCUT2D eigenvalue weighted by molar-refractivity contribution is 5.95. The van der Waals surface area contributed by atoms with Crippen LogP contribution in [0.1, 0.15) is 48.9 Å². The zero-order valence-corrected chi connectivity index (χ0v) is 17.1. The van der Waals surface area contributed by atoms with E-state index in [-0.39, 0.29) is 5.91 Å². The molecule has 0 atom stereocenters.